The lowest BCUT2D eigenvalue weighted by molar-refractivity contribution is -0.223. The Hall–Kier alpha value is -0.730. The maximum absolute atomic E-state index is 11.5. The van der Waals surface area contributed by atoms with E-state index in [-0.39, 0.29) is 30.3 Å². The Morgan fingerprint density at radius 2 is 1.76 bits per heavy atom. The lowest BCUT2D eigenvalue weighted by atomic mass is 10.0. The molecule has 3 fully saturated rings. The van der Waals surface area contributed by atoms with Crippen LogP contribution in [0.25, 0.3) is 0 Å². The van der Waals surface area contributed by atoms with Crippen molar-refractivity contribution in [2.75, 3.05) is 6.61 Å². The van der Waals surface area contributed by atoms with Crippen LogP contribution < -0.4 is 5.32 Å². The van der Waals surface area contributed by atoms with Gasteiger partial charge in [0, 0.05) is 6.92 Å². The van der Waals surface area contributed by atoms with Gasteiger partial charge in [-0.05, 0) is 27.7 Å². The van der Waals surface area contributed by atoms with E-state index in [1.54, 1.807) is 0 Å². The first-order chi connectivity index (χ1) is 9.67. The van der Waals surface area contributed by atoms with Gasteiger partial charge >= 0.3 is 0 Å². The second-order valence-corrected chi connectivity index (χ2v) is 6.66. The Balaban J connectivity index is 1.77. The van der Waals surface area contributed by atoms with E-state index in [4.69, 9.17) is 23.7 Å². The highest BCUT2D eigenvalue weighted by Gasteiger charge is 2.58. The maximum Gasteiger partial charge on any atom is 0.217 e. The van der Waals surface area contributed by atoms with Crippen molar-refractivity contribution >= 4 is 5.91 Å². The number of amides is 1. The van der Waals surface area contributed by atoms with Gasteiger partial charge in [-0.1, -0.05) is 0 Å². The summed E-state index contributed by atoms with van der Waals surface area (Å²) in [5.74, 6) is -1.50. The Bertz CT molecular complexity index is 437. The summed E-state index contributed by atoms with van der Waals surface area (Å²) in [5, 5.41) is 2.90. The molecule has 5 atom stereocenters. The lowest BCUT2D eigenvalue weighted by Gasteiger charge is -2.29. The Morgan fingerprint density at radius 3 is 2.33 bits per heavy atom. The molecule has 3 aliphatic heterocycles. The normalized spacial score (nSPS) is 43.8. The first-order valence-corrected chi connectivity index (χ1v) is 7.27. The Morgan fingerprint density at radius 1 is 1.05 bits per heavy atom. The number of rotatable bonds is 2. The van der Waals surface area contributed by atoms with Crippen molar-refractivity contribution in [1.82, 2.24) is 5.32 Å². The van der Waals surface area contributed by atoms with Crippen LogP contribution in [-0.2, 0) is 28.5 Å². The molecule has 0 unspecified atom stereocenters. The quantitative estimate of drug-likeness (QED) is 0.801. The maximum atomic E-state index is 11.5. The smallest absolute Gasteiger partial charge is 0.217 e. The van der Waals surface area contributed by atoms with E-state index in [1.165, 1.54) is 6.92 Å². The third-order valence-corrected chi connectivity index (χ3v) is 3.85. The minimum Gasteiger partial charge on any atom is -0.348 e. The summed E-state index contributed by atoms with van der Waals surface area (Å²) < 4.78 is 29.0. The topological polar surface area (TPSA) is 75.3 Å². The van der Waals surface area contributed by atoms with Crippen LogP contribution in [0, 0.1) is 0 Å². The molecule has 3 saturated heterocycles. The number of ether oxygens (including phenoxy) is 5. The van der Waals surface area contributed by atoms with Gasteiger partial charge in [-0.2, -0.15) is 0 Å². The van der Waals surface area contributed by atoms with Gasteiger partial charge in [-0.3, -0.25) is 4.79 Å². The molecule has 0 aliphatic carbocycles. The van der Waals surface area contributed by atoms with Gasteiger partial charge in [0.25, 0.3) is 0 Å². The van der Waals surface area contributed by atoms with Crippen molar-refractivity contribution in [3.05, 3.63) is 0 Å². The fraction of sp³-hybridized carbons (Fsp3) is 0.929. The van der Waals surface area contributed by atoms with Gasteiger partial charge in [0.05, 0.1) is 12.6 Å². The molecule has 3 aliphatic rings. The molecule has 0 spiro atoms. The summed E-state index contributed by atoms with van der Waals surface area (Å²) in [6.45, 7) is 9.25. The molecule has 0 aromatic heterocycles. The van der Waals surface area contributed by atoms with Crippen molar-refractivity contribution < 1.29 is 28.5 Å². The van der Waals surface area contributed by atoms with E-state index >= 15 is 0 Å². The largest absolute Gasteiger partial charge is 0.348 e. The highest BCUT2D eigenvalue weighted by molar-refractivity contribution is 5.73. The molecule has 1 amide bonds. The van der Waals surface area contributed by atoms with Crippen LogP contribution in [0.3, 0.4) is 0 Å². The molecule has 120 valence electrons. The molecular formula is C14H23NO6. The molecule has 0 aromatic rings. The van der Waals surface area contributed by atoms with Crippen LogP contribution in [0.15, 0.2) is 0 Å². The molecule has 0 radical (unpaired) electrons. The van der Waals surface area contributed by atoms with Gasteiger partial charge in [-0.25, -0.2) is 0 Å². The van der Waals surface area contributed by atoms with Crippen molar-refractivity contribution in [2.24, 2.45) is 0 Å². The van der Waals surface area contributed by atoms with Crippen molar-refractivity contribution in [3.63, 3.8) is 0 Å². The summed E-state index contributed by atoms with van der Waals surface area (Å²) in [7, 11) is 0. The number of carbonyl (C=O) groups is 1. The van der Waals surface area contributed by atoms with E-state index in [0.717, 1.165) is 0 Å². The molecule has 0 saturated carbocycles. The standard InChI is InChI=1S/C14H23NO6/c1-7(16)15-9-10(8-6-17-13(2,3)19-8)18-12-11(9)20-14(4,5)21-12/h8-12H,6H2,1-5H3,(H,15,16)/t8-,9-,10+,11+,12+/m0/s1. The van der Waals surface area contributed by atoms with Crippen LogP contribution in [0.5, 0.6) is 0 Å². The molecule has 7 heteroatoms. The first kappa shape index (κ1) is 15.2. The van der Waals surface area contributed by atoms with Crippen molar-refractivity contribution in [3.8, 4) is 0 Å². The first-order valence-electron chi connectivity index (χ1n) is 7.27. The minimum atomic E-state index is -0.719. The molecule has 3 heterocycles. The second kappa shape index (κ2) is 4.89. The molecule has 21 heavy (non-hydrogen) atoms. The zero-order valence-corrected chi connectivity index (χ0v) is 13.0. The predicted molar refractivity (Wildman–Crippen MR) is 71.2 cm³/mol. The minimum absolute atomic E-state index is 0.138. The van der Waals surface area contributed by atoms with Gasteiger partial charge in [0.2, 0.25) is 5.91 Å². The van der Waals surface area contributed by atoms with Crippen molar-refractivity contribution in [1.29, 1.82) is 0 Å². The highest BCUT2D eigenvalue weighted by atomic mass is 16.8. The zero-order chi connectivity index (χ0) is 15.4. The third kappa shape index (κ3) is 2.93. The highest BCUT2D eigenvalue weighted by Crippen LogP contribution is 2.40. The van der Waals surface area contributed by atoms with E-state index in [1.807, 2.05) is 27.7 Å². The molecule has 0 bridgehead atoms. The monoisotopic (exact) mass is 301 g/mol. The zero-order valence-electron chi connectivity index (χ0n) is 13.0. The summed E-state index contributed by atoms with van der Waals surface area (Å²) >= 11 is 0. The van der Waals surface area contributed by atoms with Crippen LogP contribution in [-0.4, -0.2) is 54.7 Å². The fourth-order valence-electron chi connectivity index (χ4n) is 3.13. The van der Waals surface area contributed by atoms with Gasteiger partial charge < -0.3 is 29.0 Å². The van der Waals surface area contributed by atoms with E-state index < -0.39 is 17.9 Å². The van der Waals surface area contributed by atoms with E-state index in [2.05, 4.69) is 5.32 Å². The van der Waals surface area contributed by atoms with Gasteiger partial charge in [-0.15, -0.1) is 0 Å². The average molecular weight is 301 g/mol. The summed E-state index contributed by atoms with van der Waals surface area (Å²) in [4.78, 5) is 11.5. The SMILES string of the molecule is CC(=O)N[C@@H]1[C@H]2OC(C)(C)O[C@H]2O[C@@H]1[C@@H]1COC(C)(C)O1. The van der Waals surface area contributed by atoms with E-state index in [0.29, 0.717) is 6.61 Å². The van der Waals surface area contributed by atoms with Crippen LogP contribution in [0.2, 0.25) is 0 Å². The van der Waals surface area contributed by atoms with Crippen LogP contribution >= 0.6 is 0 Å². The number of nitrogens with one attached hydrogen (secondary N) is 1. The predicted octanol–water partition coefficient (Wildman–Crippen LogP) is 0.519. The number of carbonyl (C=O) groups excluding carboxylic acids is 1. The molecule has 0 aromatic carbocycles. The molecule has 3 rings (SSSR count). The summed E-state index contributed by atoms with van der Waals surface area (Å²) in [6.07, 6.45) is -1.48. The van der Waals surface area contributed by atoms with E-state index in [9.17, 15) is 4.79 Å². The Kier molecular flexibility index (Phi) is 3.53. The second-order valence-electron chi connectivity index (χ2n) is 6.66. The van der Waals surface area contributed by atoms with Crippen LogP contribution in [0.4, 0.5) is 0 Å². The average Bonchev–Trinajstić information content (AvgIpc) is 2.90. The van der Waals surface area contributed by atoms with Crippen LogP contribution in [0.1, 0.15) is 34.6 Å². The van der Waals surface area contributed by atoms with Crippen molar-refractivity contribution in [2.45, 2.75) is 76.8 Å². The number of hydrogen-bond acceptors (Lipinski definition) is 6. The Labute approximate surface area is 124 Å². The summed E-state index contributed by atoms with van der Waals surface area (Å²) in [5.41, 5.74) is 0. The fourth-order valence-corrected chi connectivity index (χ4v) is 3.13. The number of fused-ring (bicyclic) bond motifs is 1. The third-order valence-electron chi connectivity index (χ3n) is 3.85. The lowest BCUT2D eigenvalue weighted by Crippen LogP contribution is -2.52. The molecule has 7 nitrogen and oxygen atoms in total. The summed E-state index contributed by atoms with van der Waals surface area (Å²) in [6, 6.07) is -0.322. The van der Waals surface area contributed by atoms with Gasteiger partial charge in [0.1, 0.15) is 18.3 Å². The molecular weight excluding hydrogens is 278 g/mol. The van der Waals surface area contributed by atoms with Gasteiger partial charge in [0.15, 0.2) is 17.9 Å². The molecule has 1 N–H and O–H groups in total. The number of hydrogen-bond donors (Lipinski definition) is 1.